The molecule has 0 radical (unpaired) electrons. The molecule has 0 fully saturated rings. The first-order valence-corrected chi connectivity index (χ1v) is 7.96. The Morgan fingerprint density at radius 1 is 1.19 bits per heavy atom. The van der Waals surface area contributed by atoms with Gasteiger partial charge in [0.2, 0.25) is 0 Å². The van der Waals surface area contributed by atoms with E-state index in [0.29, 0.717) is 17.5 Å². The van der Waals surface area contributed by atoms with Crippen molar-refractivity contribution in [2.45, 2.75) is 24.8 Å². The molecule has 0 aliphatic heterocycles. The standard InChI is InChI=1S/C15H16FNO3S/c1-2-12-8-7-11(10-18)9-15(12)21(19,20)17-14-6-4-3-5-13(14)16/h3-9,17-18H,2,10H2,1H3. The molecule has 0 aliphatic rings. The molecule has 6 heteroatoms. The minimum absolute atomic E-state index is 0.0554. The molecule has 2 N–H and O–H groups in total. The summed E-state index contributed by atoms with van der Waals surface area (Å²) in [5.41, 5.74) is 0.992. The largest absolute Gasteiger partial charge is 0.392 e. The number of aliphatic hydroxyl groups excluding tert-OH is 1. The molecule has 0 bridgehead atoms. The molecule has 2 aromatic carbocycles. The van der Waals surface area contributed by atoms with Gasteiger partial charge in [-0.25, -0.2) is 12.8 Å². The molecule has 0 saturated heterocycles. The number of aliphatic hydroxyl groups is 1. The van der Waals surface area contributed by atoms with Crippen LogP contribution in [0.1, 0.15) is 18.1 Å². The molecule has 0 aromatic heterocycles. The second-order valence-corrected chi connectivity index (χ2v) is 6.19. The Morgan fingerprint density at radius 3 is 2.52 bits per heavy atom. The second kappa shape index (κ2) is 6.24. The zero-order chi connectivity index (χ0) is 15.5. The summed E-state index contributed by atoms with van der Waals surface area (Å²) in [6.45, 7) is 1.57. The highest BCUT2D eigenvalue weighted by Gasteiger charge is 2.19. The van der Waals surface area contributed by atoms with Crippen molar-refractivity contribution in [3.63, 3.8) is 0 Å². The molecule has 0 aliphatic carbocycles. The fourth-order valence-electron chi connectivity index (χ4n) is 1.98. The number of rotatable bonds is 5. The zero-order valence-corrected chi connectivity index (χ0v) is 12.3. The number of sulfonamides is 1. The van der Waals surface area contributed by atoms with Crippen LogP contribution in [0.3, 0.4) is 0 Å². The Hall–Kier alpha value is -1.92. The number of benzene rings is 2. The van der Waals surface area contributed by atoms with Crippen LogP contribution < -0.4 is 4.72 Å². The Labute approximate surface area is 123 Å². The smallest absolute Gasteiger partial charge is 0.262 e. The molecule has 112 valence electrons. The number of hydrogen-bond donors (Lipinski definition) is 2. The highest BCUT2D eigenvalue weighted by Crippen LogP contribution is 2.23. The summed E-state index contributed by atoms with van der Waals surface area (Å²) in [6, 6.07) is 10.3. The van der Waals surface area contributed by atoms with E-state index in [4.69, 9.17) is 5.11 Å². The van der Waals surface area contributed by atoms with Gasteiger partial charge in [0.05, 0.1) is 17.2 Å². The summed E-state index contributed by atoms with van der Waals surface area (Å²) in [4.78, 5) is 0.0554. The summed E-state index contributed by atoms with van der Waals surface area (Å²) in [5, 5.41) is 9.15. The maximum Gasteiger partial charge on any atom is 0.262 e. The van der Waals surface area contributed by atoms with Gasteiger partial charge in [-0.1, -0.05) is 31.2 Å². The van der Waals surface area contributed by atoms with Crippen molar-refractivity contribution < 1.29 is 17.9 Å². The van der Waals surface area contributed by atoms with Crippen LogP contribution in [-0.2, 0) is 23.1 Å². The Morgan fingerprint density at radius 2 is 1.90 bits per heavy atom. The van der Waals surface area contributed by atoms with Crippen LogP contribution in [0.5, 0.6) is 0 Å². The zero-order valence-electron chi connectivity index (χ0n) is 11.5. The van der Waals surface area contributed by atoms with Crippen molar-refractivity contribution >= 4 is 15.7 Å². The highest BCUT2D eigenvalue weighted by atomic mass is 32.2. The van der Waals surface area contributed by atoms with Crippen molar-refractivity contribution in [2.75, 3.05) is 4.72 Å². The third-order valence-electron chi connectivity index (χ3n) is 3.10. The molecule has 2 aromatic rings. The van der Waals surface area contributed by atoms with Crippen molar-refractivity contribution in [1.82, 2.24) is 0 Å². The van der Waals surface area contributed by atoms with Crippen LogP contribution in [0, 0.1) is 5.82 Å². The van der Waals surface area contributed by atoms with E-state index in [-0.39, 0.29) is 17.2 Å². The summed E-state index contributed by atoms with van der Waals surface area (Å²) in [7, 11) is -3.91. The molecular formula is C15H16FNO3S. The third kappa shape index (κ3) is 3.40. The maximum atomic E-state index is 13.6. The third-order valence-corrected chi connectivity index (χ3v) is 4.55. The van der Waals surface area contributed by atoms with Gasteiger partial charge < -0.3 is 5.11 Å². The quantitative estimate of drug-likeness (QED) is 0.892. The first-order valence-electron chi connectivity index (χ1n) is 6.48. The number of para-hydroxylation sites is 1. The Balaban J connectivity index is 2.46. The normalized spacial score (nSPS) is 11.4. The van der Waals surface area contributed by atoms with E-state index in [1.54, 1.807) is 18.2 Å². The summed E-state index contributed by atoms with van der Waals surface area (Å²) in [5.74, 6) is -0.641. The van der Waals surface area contributed by atoms with Crippen LogP contribution in [0.25, 0.3) is 0 Å². The van der Waals surface area contributed by atoms with E-state index in [2.05, 4.69) is 4.72 Å². The lowest BCUT2D eigenvalue weighted by Crippen LogP contribution is -2.16. The van der Waals surface area contributed by atoms with Gasteiger partial charge in [0.1, 0.15) is 5.82 Å². The average Bonchev–Trinajstić information content (AvgIpc) is 2.48. The van der Waals surface area contributed by atoms with E-state index in [1.807, 2.05) is 6.92 Å². The van der Waals surface area contributed by atoms with Gasteiger partial charge in [0.25, 0.3) is 10.0 Å². The molecule has 0 saturated carbocycles. The Kier molecular flexibility index (Phi) is 4.59. The van der Waals surface area contributed by atoms with Gasteiger partial charge in [-0.3, -0.25) is 4.72 Å². The molecule has 2 rings (SSSR count). The lowest BCUT2D eigenvalue weighted by Gasteiger charge is -2.13. The van der Waals surface area contributed by atoms with E-state index in [1.165, 1.54) is 24.3 Å². The summed E-state index contributed by atoms with van der Waals surface area (Å²) < 4.78 is 40.7. The second-order valence-electron chi connectivity index (χ2n) is 4.54. The fourth-order valence-corrected chi connectivity index (χ4v) is 3.41. The number of halogens is 1. The topological polar surface area (TPSA) is 66.4 Å². The molecule has 0 spiro atoms. The van der Waals surface area contributed by atoms with Crippen LogP contribution in [0.2, 0.25) is 0 Å². The summed E-state index contributed by atoms with van der Waals surface area (Å²) in [6.07, 6.45) is 0.513. The minimum atomic E-state index is -3.91. The molecule has 0 amide bonds. The van der Waals surface area contributed by atoms with E-state index in [0.717, 1.165) is 0 Å². The molecular weight excluding hydrogens is 293 g/mol. The molecule has 21 heavy (non-hydrogen) atoms. The van der Waals surface area contributed by atoms with Gasteiger partial charge in [0, 0.05) is 0 Å². The van der Waals surface area contributed by atoms with Gasteiger partial charge in [-0.05, 0) is 35.7 Å². The SMILES string of the molecule is CCc1ccc(CO)cc1S(=O)(=O)Nc1ccccc1F. The number of hydrogen-bond acceptors (Lipinski definition) is 3. The first-order chi connectivity index (χ1) is 9.97. The van der Waals surface area contributed by atoms with Crippen molar-refractivity contribution in [3.05, 3.63) is 59.4 Å². The molecule has 4 nitrogen and oxygen atoms in total. The van der Waals surface area contributed by atoms with Crippen LogP contribution in [0.4, 0.5) is 10.1 Å². The number of aryl methyl sites for hydroxylation is 1. The molecule has 0 unspecified atom stereocenters. The van der Waals surface area contributed by atoms with Crippen LogP contribution >= 0.6 is 0 Å². The van der Waals surface area contributed by atoms with Gasteiger partial charge in [-0.2, -0.15) is 0 Å². The van der Waals surface area contributed by atoms with Crippen LogP contribution in [0.15, 0.2) is 47.4 Å². The molecule has 0 atom stereocenters. The average molecular weight is 309 g/mol. The highest BCUT2D eigenvalue weighted by molar-refractivity contribution is 7.92. The fraction of sp³-hybridized carbons (Fsp3) is 0.200. The summed E-state index contributed by atoms with van der Waals surface area (Å²) >= 11 is 0. The maximum absolute atomic E-state index is 13.6. The number of anilines is 1. The lowest BCUT2D eigenvalue weighted by molar-refractivity contribution is 0.281. The van der Waals surface area contributed by atoms with E-state index >= 15 is 0 Å². The van der Waals surface area contributed by atoms with Crippen molar-refractivity contribution in [2.24, 2.45) is 0 Å². The van der Waals surface area contributed by atoms with Crippen LogP contribution in [-0.4, -0.2) is 13.5 Å². The van der Waals surface area contributed by atoms with E-state index < -0.39 is 15.8 Å². The number of nitrogens with one attached hydrogen (secondary N) is 1. The van der Waals surface area contributed by atoms with Gasteiger partial charge in [-0.15, -0.1) is 0 Å². The van der Waals surface area contributed by atoms with Gasteiger partial charge in [0.15, 0.2) is 0 Å². The van der Waals surface area contributed by atoms with Crippen molar-refractivity contribution in [1.29, 1.82) is 0 Å². The van der Waals surface area contributed by atoms with Gasteiger partial charge >= 0.3 is 0 Å². The predicted molar refractivity (Wildman–Crippen MR) is 79.0 cm³/mol. The minimum Gasteiger partial charge on any atom is -0.392 e. The van der Waals surface area contributed by atoms with E-state index in [9.17, 15) is 12.8 Å². The first kappa shape index (κ1) is 15.5. The van der Waals surface area contributed by atoms with Crippen molar-refractivity contribution in [3.8, 4) is 0 Å². The monoisotopic (exact) mass is 309 g/mol. The predicted octanol–water partition coefficient (Wildman–Crippen LogP) is 2.68. The molecule has 0 heterocycles. The Bertz CT molecular complexity index is 744. The lowest BCUT2D eigenvalue weighted by atomic mass is 10.1.